The molecule has 0 unspecified atom stereocenters. The van der Waals surface area contributed by atoms with E-state index in [-0.39, 0.29) is 22.9 Å². The van der Waals surface area contributed by atoms with Crippen molar-refractivity contribution < 1.29 is 13.2 Å². The molecule has 5 rings (SSSR count). The van der Waals surface area contributed by atoms with Gasteiger partial charge in [0.25, 0.3) is 0 Å². The third-order valence-electron chi connectivity index (χ3n) is 7.43. The zero-order valence-corrected chi connectivity index (χ0v) is 20.9. The number of amides is 2. The fourth-order valence-electron chi connectivity index (χ4n) is 5.57. The van der Waals surface area contributed by atoms with Crippen LogP contribution in [-0.2, 0) is 22.0 Å². The monoisotopic (exact) mass is 500 g/mol. The number of carbonyl (C=O) groups excluding carboxylic acids is 1. The van der Waals surface area contributed by atoms with Crippen LogP contribution in [0, 0.1) is 18.3 Å². The number of sulfonamides is 1. The second-order valence-corrected chi connectivity index (χ2v) is 11.4. The second-order valence-electron chi connectivity index (χ2n) is 9.81. The number of primary sulfonamides is 1. The number of nitriles is 1. The number of nitrogens with one attached hydrogen (secondary N) is 1. The van der Waals surface area contributed by atoms with E-state index in [9.17, 15) is 18.5 Å². The highest BCUT2D eigenvalue weighted by Crippen LogP contribution is 2.51. The van der Waals surface area contributed by atoms with Crippen LogP contribution in [0.2, 0.25) is 0 Å². The van der Waals surface area contributed by atoms with E-state index < -0.39 is 10.0 Å². The Morgan fingerprint density at radius 2 is 1.81 bits per heavy atom. The average molecular weight is 501 g/mol. The molecule has 1 saturated carbocycles. The van der Waals surface area contributed by atoms with Crippen molar-refractivity contribution >= 4 is 21.7 Å². The first-order valence-corrected chi connectivity index (χ1v) is 13.6. The van der Waals surface area contributed by atoms with Crippen molar-refractivity contribution in [1.82, 2.24) is 5.32 Å². The van der Waals surface area contributed by atoms with Gasteiger partial charge in [-0.3, -0.25) is 4.90 Å². The number of urea groups is 1. The molecule has 3 aromatic carbocycles. The van der Waals surface area contributed by atoms with E-state index in [0.29, 0.717) is 12.1 Å². The summed E-state index contributed by atoms with van der Waals surface area (Å²) in [5.74, 6) is 0. The van der Waals surface area contributed by atoms with Crippen LogP contribution in [0.4, 0.5) is 10.5 Å². The van der Waals surface area contributed by atoms with E-state index in [2.05, 4.69) is 17.5 Å². The van der Waals surface area contributed by atoms with Gasteiger partial charge in [-0.1, -0.05) is 43.2 Å². The van der Waals surface area contributed by atoms with Gasteiger partial charge in [-0.05, 0) is 77.9 Å². The van der Waals surface area contributed by atoms with Gasteiger partial charge in [0.1, 0.15) is 0 Å². The summed E-state index contributed by atoms with van der Waals surface area (Å²) < 4.78 is 22.9. The minimum Gasteiger partial charge on any atom is -0.334 e. The predicted molar refractivity (Wildman–Crippen MR) is 139 cm³/mol. The van der Waals surface area contributed by atoms with Crippen molar-refractivity contribution in [3.63, 3.8) is 0 Å². The smallest absolute Gasteiger partial charge is 0.322 e. The summed E-state index contributed by atoms with van der Waals surface area (Å²) in [6.07, 6.45) is 4.32. The zero-order valence-electron chi connectivity index (χ0n) is 20.1. The van der Waals surface area contributed by atoms with Gasteiger partial charge >= 0.3 is 6.03 Å². The zero-order chi connectivity index (χ0) is 25.5. The van der Waals surface area contributed by atoms with Crippen molar-refractivity contribution in [2.75, 3.05) is 11.4 Å². The molecule has 8 heteroatoms. The van der Waals surface area contributed by atoms with E-state index in [1.165, 1.54) is 17.7 Å². The molecule has 1 aliphatic heterocycles. The summed E-state index contributed by atoms with van der Waals surface area (Å²) in [6.45, 7) is 2.88. The maximum Gasteiger partial charge on any atom is 0.322 e. The third-order valence-corrected chi connectivity index (χ3v) is 8.36. The first kappa shape index (κ1) is 24.0. The van der Waals surface area contributed by atoms with Crippen LogP contribution >= 0.6 is 0 Å². The van der Waals surface area contributed by atoms with E-state index in [4.69, 9.17) is 5.14 Å². The topological polar surface area (TPSA) is 116 Å². The molecule has 1 fully saturated rings. The first-order chi connectivity index (χ1) is 17.2. The van der Waals surface area contributed by atoms with Gasteiger partial charge in [-0.15, -0.1) is 0 Å². The van der Waals surface area contributed by atoms with E-state index in [1.54, 1.807) is 12.1 Å². The molecule has 2 amide bonds. The highest BCUT2D eigenvalue weighted by molar-refractivity contribution is 7.89. The molecule has 36 heavy (non-hydrogen) atoms. The summed E-state index contributed by atoms with van der Waals surface area (Å²) in [4.78, 5) is 15.2. The van der Waals surface area contributed by atoms with Gasteiger partial charge in [-0.25, -0.2) is 18.4 Å². The van der Waals surface area contributed by atoms with Crippen LogP contribution in [0.5, 0.6) is 0 Å². The Labute approximate surface area is 211 Å². The molecule has 1 heterocycles. The SMILES string of the molecule is Cc1ccc(-c2ccc3c(c2)C2(CCCC2)CN3C(=O)NCc2ccc(S(N)(=O)=O)cc2)c(C#N)c1. The molecule has 2 aliphatic rings. The molecular weight excluding hydrogens is 472 g/mol. The second kappa shape index (κ2) is 9.08. The van der Waals surface area contributed by atoms with Gasteiger partial charge in [0, 0.05) is 24.2 Å². The number of hydrogen-bond acceptors (Lipinski definition) is 4. The van der Waals surface area contributed by atoms with Crippen molar-refractivity contribution in [2.45, 2.75) is 49.5 Å². The molecule has 0 atom stereocenters. The Hall–Kier alpha value is -3.67. The van der Waals surface area contributed by atoms with Gasteiger partial charge < -0.3 is 5.32 Å². The van der Waals surface area contributed by atoms with Crippen LogP contribution in [0.25, 0.3) is 11.1 Å². The number of hydrogen-bond donors (Lipinski definition) is 2. The number of anilines is 1. The standard InChI is InChI=1S/C28H28N4O3S/c1-19-4-10-24(22(14-19)16-29)21-7-11-26-25(15-21)28(12-2-3-13-28)18-32(26)27(33)31-17-20-5-8-23(9-6-20)36(30,34)35/h4-11,14-15H,2-3,12-13,17-18H2,1H3,(H,31,33)(H2,30,34,35). The van der Waals surface area contributed by atoms with Crippen molar-refractivity contribution in [3.8, 4) is 17.2 Å². The summed E-state index contributed by atoms with van der Waals surface area (Å²) in [5, 5.41) is 17.8. The maximum absolute atomic E-state index is 13.3. The van der Waals surface area contributed by atoms with Crippen LogP contribution in [0.3, 0.4) is 0 Å². The Morgan fingerprint density at radius 3 is 2.47 bits per heavy atom. The van der Waals surface area contributed by atoms with Gasteiger partial charge in [-0.2, -0.15) is 5.26 Å². The Morgan fingerprint density at radius 1 is 1.08 bits per heavy atom. The normalized spacial score (nSPS) is 16.1. The van der Waals surface area contributed by atoms with Crippen LogP contribution in [-0.4, -0.2) is 21.0 Å². The van der Waals surface area contributed by atoms with Crippen molar-refractivity contribution in [1.29, 1.82) is 5.26 Å². The lowest BCUT2D eigenvalue weighted by Crippen LogP contribution is -2.41. The quantitative estimate of drug-likeness (QED) is 0.539. The molecule has 3 aromatic rings. The maximum atomic E-state index is 13.3. The largest absolute Gasteiger partial charge is 0.334 e. The average Bonchev–Trinajstić information content (AvgIpc) is 3.47. The van der Waals surface area contributed by atoms with E-state index in [0.717, 1.165) is 53.6 Å². The number of rotatable bonds is 4. The molecule has 0 saturated heterocycles. The fraction of sp³-hybridized carbons (Fsp3) is 0.286. The molecular formula is C28H28N4O3S. The van der Waals surface area contributed by atoms with Crippen LogP contribution in [0.15, 0.2) is 65.6 Å². The highest BCUT2D eigenvalue weighted by Gasteiger charge is 2.46. The summed E-state index contributed by atoms with van der Waals surface area (Å²) in [5.41, 5.74) is 6.39. The van der Waals surface area contributed by atoms with Gasteiger partial charge in [0.15, 0.2) is 0 Å². The fourth-order valence-corrected chi connectivity index (χ4v) is 6.09. The van der Waals surface area contributed by atoms with Gasteiger partial charge in [0.2, 0.25) is 10.0 Å². The molecule has 184 valence electrons. The van der Waals surface area contributed by atoms with Crippen molar-refractivity contribution in [3.05, 3.63) is 82.9 Å². The molecule has 0 aromatic heterocycles. The number of fused-ring (bicyclic) bond motifs is 2. The number of carbonyl (C=O) groups is 1. The third kappa shape index (κ3) is 4.36. The Kier molecular flexibility index (Phi) is 6.07. The number of benzene rings is 3. The lowest BCUT2D eigenvalue weighted by atomic mass is 9.79. The van der Waals surface area contributed by atoms with Gasteiger partial charge in [0.05, 0.1) is 16.5 Å². The summed E-state index contributed by atoms with van der Waals surface area (Å²) in [6, 6.07) is 20.4. The molecule has 7 nitrogen and oxygen atoms in total. The number of nitrogens with two attached hydrogens (primary N) is 1. The lowest BCUT2D eigenvalue weighted by molar-refractivity contribution is 0.245. The Bertz CT molecular complexity index is 1480. The van der Waals surface area contributed by atoms with Crippen LogP contribution in [0.1, 0.15) is 47.9 Å². The molecule has 1 spiro atoms. The highest BCUT2D eigenvalue weighted by atomic mass is 32.2. The predicted octanol–water partition coefficient (Wildman–Crippen LogP) is 4.72. The molecule has 0 radical (unpaired) electrons. The molecule has 0 bridgehead atoms. The minimum absolute atomic E-state index is 0.0400. The lowest BCUT2D eigenvalue weighted by Gasteiger charge is -2.25. The number of aryl methyl sites for hydroxylation is 1. The molecule has 1 aliphatic carbocycles. The number of nitrogens with zero attached hydrogens (tertiary/aromatic N) is 2. The Balaban J connectivity index is 1.42. The van der Waals surface area contributed by atoms with E-state index in [1.807, 2.05) is 42.2 Å². The molecule has 3 N–H and O–H groups in total. The minimum atomic E-state index is -3.75. The van der Waals surface area contributed by atoms with Crippen molar-refractivity contribution in [2.24, 2.45) is 5.14 Å². The summed E-state index contributed by atoms with van der Waals surface area (Å²) in [7, 11) is -3.75. The summed E-state index contributed by atoms with van der Waals surface area (Å²) >= 11 is 0. The van der Waals surface area contributed by atoms with E-state index >= 15 is 0 Å². The first-order valence-electron chi connectivity index (χ1n) is 12.0. The van der Waals surface area contributed by atoms with Crippen LogP contribution < -0.4 is 15.4 Å².